The number of rotatable bonds is 13. The van der Waals surface area contributed by atoms with Crippen molar-refractivity contribution in [3.63, 3.8) is 0 Å². The first-order valence-corrected chi connectivity index (χ1v) is 14.3. The van der Waals surface area contributed by atoms with E-state index >= 15 is 0 Å². The first-order valence-electron chi connectivity index (χ1n) is 14.3. The number of halogens is 9. The van der Waals surface area contributed by atoms with Gasteiger partial charge in [0.15, 0.2) is 5.75 Å². The average molecular weight is 681 g/mol. The van der Waals surface area contributed by atoms with Crippen molar-refractivity contribution in [1.29, 1.82) is 0 Å². The molecule has 0 aliphatic rings. The minimum absolute atomic E-state index is 0.0342. The lowest BCUT2D eigenvalue weighted by Crippen LogP contribution is -2.23. The number of carbonyl (C=O) groups is 1. The van der Waals surface area contributed by atoms with Gasteiger partial charge in [-0.1, -0.05) is 0 Å². The van der Waals surface area contributed by atoms with Gasteiger partial charge in [-0.15, -0.1) is 0 Å². The number of nitrogens with one attached hydrogen (secondary N) is 2. The molecule has 3 aromatic rings. The Morgan fingerprint density at radius 2 is 1.36 bits per heavy atom. The Bertz CT molecular complexity index is 1450. The minimum atomic E-state index is -4.98. The number of hydrogen-bond donors (Lipinski definition) is 2. The molecule has 1 heterocycles. The number of hydrogen-bond acceptors (Lipinski definition) is 7. The van der Waals surface area contributed by atoms with Crippen LogP contribution in [-0.2, 0) is 41.0 Å². The number of anilines is 2. The van der Waals surface area contributed by atoms with Gasteiger partial charge in [0.2, 0.25) is 5.95 Å². The van der Waals surface area contributed by atoms with Gasteiger partial charge in [-0.3, -0.25) is 4.79 Å². The maximum atomic E-state index is 13.4. The second kappa shape index (κ2) is 15.1. The second-order valence-electron chi connectivity index (χ2n) is 11.4. The van der Waals surface area contributed by atoms with Crippen molar-refractivity contribution < 1.29 is 53.8 Å². The SMILES string of the molecule is CC(C)(C)OC(=O)CCCOc1cnc(NCc2cc(C(F)(F)F)ccc2NCCCc2cc(C(F)(F)F)cc(C(F)(F)F)c2)nc1. The smallest absolute Gasteiger partial charge is 0.416 e. The molecule has 0 radical (unpaired) electrons. The van der Waals surface area contributed by atoms with E-state index in [9.17, 15) is 44.3 Å². The number of esters is 1. The van der Waals surface area contributed by atoms with E-state index in [0.29, 0.717) is 24.3 Å². The molecule has 0 bridgehead atoms. The fraction of sp³-hybridized carbons (Fsp3) is 0.452. The Kier molecular flexibility index (Phi) is 12.0. The highest BCUT2D eigenvalue weighted by Crippen LogP contribution is 2.37. The van der Waals surface area contributed by atoms with Crippen LogP contribution in [0.4, 0.5) is 51.1 Å². The Labute approximate surface area is 264 Å². The topological polar surface area (TPSA) is 85.4 Å². The molecule has 0 aliphatic carbocycles. The van der Waals surface area contributed by atoms with Gasteiger partial charge in [-0.05, 0) is 87.6 Å². The van der Waals surface area contributed by atoms with Gasteiger partial charge in [0, 0.05) is 25.2 Å². The van der Waals surface area contributed by atoms with Crippen LogP contribution in [0.3, 0.4) is 0 Å². The summed E-state index contributed by atoms with van der Waals surface area (Å²) in [5.41, 5.74) is -4.14. The molecule has 2 N–H and O–H groups in total. The second-order valence-corrected chi connectivity index (χ2v) is 11.4. The van der Waals surface area contributed by atoms with Gasteiger partial charge in [0.25, 0.3) is 0 Å². The van der Waals surface area contributed by atoms with Crippen molar-refractivity contribution in [2.75, 3.05) is 23.8 Å². The highest BCUT2D eigenvalue weighted by molar-refractivity contribution is 5.69. The quantitative estimate of drug-likeness (QED) is 0.106. The Balaban J connectivity index is 1.60. The molecule has 258 valence electrons. The van der Waals surface area contributed by atoms with E-state index in [0.717, 1.165) is 12.1 Å². The van der Waals surface area contributed by atoms with E-state index in [1.54, 1.807) is 20.8 Å². The van der Waals surface area contributed by atoms with Crippen molar-refractivity contribution in [3.05, 3.63) is 76.6 Å². The maximum Gasteiger partial charge on any atom is 0.416 e. The van der Waals surface area contributed by atoms with Gasteiger partial charge in [0.05, 0.1) is 35.7 Å². The number of ether oxygens (including phenoxy) is 2. The summed E-state index contributed by atoms with van der Waals surface area (Å²) in [5, 5.41) is 5.71. The number of benzene rings is 2. The Morgan fingerprint density at radius 3 is 1.91 bits per heavy atom. The van der Waals surface area contributed by atoms with Crippen LogP contribution >= 0.6 is 0 Å². The molecule has 2 aromatic carbocycles. The summed E-state index contributed by atoms with van der Waals surface area (Å²) in [6, 6.07) is 4.26. The first kappa shape index (κ1) is 37.2. The third kappa shape index (κ3) is 12.5. The van der Waals surface area contributed by atoms with Gasteiger partial charge >= 0.3 is 24.5 Å². The normalized spacial score (nSPS) is 12.5. The molecule has 0 saturated heterocycles. The molecule has 1 aromatic heterocycles. The first-order chi connectivity index (χ1) is 21.7. The molecule has 0 amide bonds. The van der Waals surface area contributed by atoms with Crippen LogP contribution in [0.5, 0.6) is 5.75 Å². The largest absolute Gasteiger partial charge is 0.490 e. The highest BCUT2D eigenvalue weighted by atomic mass is 19.4. The zero-order valence-electron chi connectivity index (χ0n) is 25.6. The summed E-state index contributed by atoms with van der Waals surface area (Å²) in [6.45, 7) is 5.33. The molecule has 16 heteroatoms. The maximum absolute atomic E-state index is 13.4. The predicted molar refractivity (Wildman–Crippen MR) is 155 cm³/mol. The lowest BCUT2D eigenvalue weighted by atomic mass is 10.0. The van der Waals surface area contributed by atoms with Gasteiger partial charge in [-0.2, -0.15) is 39.5 Å². The van der Waals surface area contributed by atoms with Crippen molar-refractivity contribution in [1.82, 2.24) is 9.97 Å². The van der Waals surface area contributed by atoms with Crippen LogP contribution in [0, 0.1) is 0 Å². The van der Waals surface area contributed by atoms with Crippen LogP contribution in [0.1, 0.15) is 67.9 Å². The molecule has 0 unspecified atom stereocenters. The summed E-state index contributed by atoms with van der Waals surface area (Å²) in [4.78, 5) is 19.9. The van der Waals surface area contributed by atoms with E-state index in [1.807, 2.05) is 0 Å². The minimum Gasteiger partial charge on any atom is -0.490 e. The van der Waals surface area contributed by atoms with Crippen molar-refractivity contribution in [2.24, 2.45) is 0 Å². The van der Waals surface area contributed by atoms with Crippen LogP contribution in [0.25, 0.3) is 0 Å². The lowest BCUT2D eigenvalue weighted by molar-refractivity contribution is -0.155. The van der Waals surface area contributed by atoms with Crippen LogP contribution < -0.4 is 15.4 Å². The van der Waals surface area contributed by atoms with E-state index in [4.69, 9.17) is 9.47 Å². The number of carbonyl (C=O) groups excluding carboxylic acids is 1. The summed E-state index contributed by atoms with van der Waals surface area (Å²) in [7, 11) is 0. The van der Waals surface area contributed by atoms with Gasteiger partial charge in [0.1, 0.15) is 5.60 Å². The van der Waals surface area contributed by atoms with Crippen molar-refractivity contribution in [2.45, 2.75) is 77.1 Å². The monoisotopic (exact) mass is 680 g/mol. The molecule has 3 rings (SSSR count). The molecule has 47 heavy (non-hydrogen) atoms. The molecule has 0 spiro atoms. The van der Waals surface area contributed by atoms with E-state index in [2.05, 4.69) is 20.6 Å². The highest BCUT2D eigenvalue weighted by Gasteiger charge is 2.37. The molecule has 0 fully saturated rings. The Hall–Kier alpha value is -4.24. The molecule has 0 saturated carbocycles. The summed E-state index contributed by atoms with van der Waals surface area (Å²) >= 11 is 0. The van der Waals surface area contributed by atoms with Crippen molar-refractivity contribution >= 4 is 17.6 Å². The van der Waals surface area contributed by atoms with Crippen LogP contribution in [0.15, 0.2) is 48.8 Å². The fourth-order valence-electron chi connectivity index (χ4n) is 4.22. The predicted octanol–water partition coefficient (Wildman–Crippen LogP) is 8.69. The third-order valence-corrected chi connectivity index (χ3v) is 6.32. The number of aromatic nitrogens is 2. The number of alkyl halides is 9. The fourth-order valence-corrected chi connectivity index (χ4v) is 4.22. The average Bonchev–Trinajstić information content (AvgIpc) is 2.95. The van der Waals surface area contributed by atoms with Crippen LogP contribution in [-0.4, -0.2) is 34.7 Å². The molecule has 0 atom stereocenters. The molecule has 0 aliphatic heterocycles. The van der Waals surface area contributed by atoms with E-state index < -0.39 is 40.8 Å². The summed E-state index contributed by atoms with van der Waals surface area (Å²) in [6.07, 6.45) is -11.5. The number of aryl methyl sites for hydroxylation is 1. The van der Waals surface area contributed by atoms with Crippen molar-refractivity contribution in [3.8, 4) is 5.75 Å². The van der Waals surface area contributed by atoms with E-state index in [1.165, 1.54) is 18.5 Å². The van der Waals surface area contributed by atoms with Gasteiger partial charge < -0.3 is 20.1 Å². The zero-order chi connectivity index (χ0) is 35.0. The van der Waals surface area contributed by atoms with E-state index in [-0.39, 0.29) is 73.8 Å². The molecular formula is C31H33F9N4O3. The standard InChI is InChI=1S/C31H33F9N4O3/c1-28(2,3)47-26(45)7-5-11-46-24-17-43-27(44-18-24)42-16-20-14-21(29(32,33)34)8-9-25(20)41-10-4-6-19-12-22(30(35,36)37)15-23(13-19)31(38,39)40/h8-9,12-15,17-18,41H,4-7,10-11,16H2,1-3H3,(H,42,43,44). The number of nitrogens with zero attached hydrogens (tertiary/aromatic N) is 2. The molecular weight excluding hydrogens is 647 g/mol. The summed E-state index contributed by atoms with van der Waals surface area (Å²) in [5.74, 6) is -0.000591. The van der Waals surface area contributed by atoms with Gasteiger partial charge in [-0.25, -0.2) is 9.97 Å². The summed E-state index contributed by atoms with van der Waals surface area (Å²) < 4.78 is 130. The molecule has 7 nitrogen and oxygen atoms in total. The lowest BCUT2D eigenvalue weighted by Gasteiger charge is -2.19. The van der Waals surface area contributed by atoms with Crippen LogP contribution in [0.2, 0.25) is 0 Å². The Morgan fingerprint density at radius 1 is 0.766 bits per heavy atom. The zero-order valence-corrected chi connectivity index (χ0v) is 25.6. The third-order valence-electron chi connectivity index (χ3n) is 6.32.